The van der Waals surface area contributed by atoms with E-state index < -0.39 is 16.8 Å². The molecular formula is C21H21FN4O4. The van der Waals surface area contributed by atoms with Crippen molar-refractivity contribution in [3.63, 3.8) is 0 Å². The van der Waals surface area contributed by atoms with Crippen LogP contribution in [0.3, 0.4) is 0 Å². The third-order valence-electron chi connectivity index (χ3n) is 5.63. The molecule has 9 heteroatoms. The number of hydrogen-bond donors (Lipinski definition) is 1. The second-order valence-electron chi connectivity index (χ2n) is 7.60. The van der Waals surface area contributed by atoms with Crippen molar-refractivity contribution in [2.24, 2.45) is 11.8 Å². The van der Waals surface area contributed by atoms with E-state index in [0.29, 0.717) is 36.2 Å². The lowest BCUT2D eigenvalue weighted by Gasteiger charge is -2.18. The number of urea groups is 1. The minimum Gasteiger partial charge on any atom is -0.504 e. The Morgan fingerprint density at radius 2 is 1.90 bits per heavy atom. The number of likely N-dealkylation sites (tertiary alicyclic amines) is 1. The van der Waals surface area contributed by atoms with E-state index >= 15 is 0 Å². The van der Waals surface area contributed by atoms with E-state index in [0.717, 1.165) is 12.8 Å². The van der Waals surface area contributed by atoms with Gasteiger partial charge in [0.1, 0.15) is 5.82 Å². The number of pyridine rings is 1. The van der Waals surface area contributed by atoms with Crippen molar-refractivity contribution in [2.75, 3.05) is 25.5 Å². The van der Waals surface area contributed by atoms with Gasteiger partial charge in [-0.1, -0.05) is 0 Å². The van der Waals surface area contributed by atoms with Gasteiger partial charge in [-0.15, -0.1) is 0 Å². The van der Waals surface area contributed by atoms with Gasteiger partial charge in [0.15, 0.2) is 0 Å². The minimum absolute atomic E-state index is 0.121. The van der Waals surface area contributed by atoms with Gasteiger partial charge in [-0.25, -0.2) is 14.2 Å². The number of anilines is 1. The maximum Gasteiger partial charge on any atom is 0.323 e. The molecule has 2 aliphatic rings. The molecule has 8 nitrogen and oxygen atoms in total. The molecule has 2 fully saturated rings. The van der Waals surface area contributed by atoms with E-state index in [-0.39, 0.29) is 11.5 Å². The fraction of sp³-hybridized carbons (Fsp3) is 0.333. The van der Waals surface area contributed by atoms with Crippen LogP contribution in [0.15, 0.2) is 48.2 Å². The number of ether oxygens (including phenoxy) is 1. The van der Waals surface area contributed by atoms with E-state index in [2.05, 4.69) is 10.3 Å². The van der Waals surface area contributed by atoms with Gasteiger partial charge in [0, 0.05) is 24.7 Å². The van der Waals surface area contributed by atoms with E-state index in [9.17, 15) is 19.3 Å². The summed E-state index contributed by atoms with van der Waals surface area (Å²) in [4.78, 5) is 29.5. The lowest BCUT2D eigenvalue weighted by Crippen LogP contribution is -2.34. The first-order valence-corrected chi connectivity index (χ1v) is 9.62. The van der Waals surface area contributed by atoms with Crippen molar-refractivity contribution in [2.45, 2.75) is 12.8 Å². The molecule has 1 saturated carbocycles. The lowest BCUT2D eigenvalue weighted by atomic mass is 10.0. The number of nitrogens with one attached hydrogen (secondary N) is 1. The highest BCUT2D eigenvalue weighted by Crippen LogP contribution is 2.41. The van der Waals surface area contributed by atoms with Gasteiger partial charge in [-0.3, -0.25) is 15.4 Å². The lowest BCUT2D eigenvalue weighted by molar-refractivity contribution is -0.384. The highest BCUT2D eigenvalue weighted by molar-refractivity contribution is 5.91. The minimum atomic E-state index is -0.586. The standard InChI is InChI=1S/C21H21FN4O4/c1-30-12-13-8-15-10-25(11-16(15)9-13)21(27)24-20-19(26(28)29)7-6-18(23-20)14-2-4-17(22)5-3-14/h2-7,12,15-16H,8-11H2,1H3,(H,23,24,27). The monoisotopic (exact) mass is 412 g/mol. The predicted octanol–water partition coefficient (Wildman–Crippen LogP) is 4.20. The normalized spacial score (nSPS) is 20.1. The van der Waals surface area contributed by atoms with Gasteiger partial charge in [-0.05, 0) is 60.6 Å². The van der Waals surface area contributed by atoms with Crippen LogP contribution in [0.1, 0.15) is 12.8 Å². The molecule has 1 saturated heterocycles. The number of nitrogens with zero attached hydrogens (tertiary/aromatic N) is 3. The number of allylic oxidation sites excluding steroid dienone is 1. The number of halogens is 1. The molecule has 156 valence electrons. The first-order valence-electron chi connectivity index (χ1n) is 9.62. The van der Waals surface area contributed by atoms with Gasteiger partial charge in [-0.2, -0.15) is 0 Å². The fourth-order valence-electron chi connectivity index (χ4n) is 4.24. The number of rotatable bonds is 4. The van der Waals surface area contributed by atoms with Crippen LogP contribution in [0.2, 0.25) is 0 Å². The highest BCUT2D eigenvalue weighted by atomic mass is 19.1. The largest absolute Gasteiger partial charge is 0.504 e. The molecule has 0 spiro atoms. The van der Waals surface area contributed by atoms with Crippen molar-refractivity contribution >= 4 is 17.5 Å². The zero-order chi connectivity index (χ0) is 21.3. The fourth-order valence-corrected chi connectivity index (χ4v) is 4.24. The molecule has 1 N–H and O–H groups in total. The Kier molecular flexibility index (Phi) is 5.35. The number of fused-ring (bicyclic) bond motifs is 1. The molecule has 2 amide bonds. The maximum atomic E-state index is 13.2. The van der Waals surface area contributed by atoms with Gasteiger partial charge in [0.05, 0.1) is 24.0 Å². The number of methoxy groups -OCH3 is 1. The number of aromatic nitrogens is 1. The van der Waals surface area contributed by atoms with Gasteiger partial charge >= 0.3 is 11.7 Å². The van der Waals surface area contributed by atoms with Crippen LogP contribution in [0.25, 0.3) is 11.3 Å². The van der Waals surface area contributed by atoms with E-state index in [1.165, 1.54) is 42.0 Å². The SMILES string of the molecule is COC=C1CC2CN(C(=O)Nc3nc(-c4ccc(F)cc4)ccc3[N+](=O)[O-])CC2C1. The van der Waals surface area contributed by atoms with E-state index in [1.807, 2.05) is 0 Å². The summed E-state index contributed by atoms with van der Waals surface area (Å²) in [5.41, 5.74) is 1.95. The van der Waals surface area contributed by atoms with Crippen LogP contribution >= 0.6 is 0 Å². The summed E-state index contributed by atoms with van der Waals surface area (Å²) in [7, 11) is 1.63. The molecule has 1 aromatic carbocycles. The molecular weight excluding hydrogens is 391 g/mol. The molecule has 0 radical (unpaired) electrons. The third-order valence-corrected chi connectivity index (χ3v) is 5.63. The smallest absolute Gasteiger partial charge is 0.323 e. The molecule has 2 unspecified atom stereocenters. The summed E-state index contributed by atoms with van der Waals surface area (Å²) in [5.74, 6) is 0.220. The first kappa shape index (κ1) is 19.8. The Morgan fingerprint density at radius 1 is 1.23 bits per heavy atom. The average Bonchev–Trinajstić information content (AvgIpc) is 3.27. The van der Waals surface area contributed by atoms with Crippen molar-refractivity contribution in [1.82, 2.24) is 9.88 Å². The zero-order valence-corrected chi connectivity index (χ0v) is 16.4. The van der Waals surface area contributed by atoms with Crippen molar-refractivity contribution in [3.05, 3.63) is 64.2 Å². The molecule has 30 heavy (non-hydrogen) atoms. The first-order chi connectivity index (χ1) is 14.4. The summed E-state index contributed by atoms with van der Waals surface area (Å²) in [5, 5.41) is 14.0. The predicted molar refractivity (Wildman–Crippen MR) is 108 cm³/mol. The van der Waals surface area contributed by atoms with Crippen LogP contribution in [0.4, 0.5) is 20.7 Å². The van der Waals surface area contributed by atoms with Gasteiger partial charge in [0.25, 0.3) is 0 Å². The second kappa shape index (κ2) is 8.10. The Morgan fingerprint density at radius 3 is 2.50 bits per heavy atom. The number of hydrogen-bond acceptors (Lipinski definition) is 5. The van der Waals surface area contributed by atoms with Crippen molar-refractivity contribution in [1.29, 1.82) is 0 Å². The van der Waals surface area contributed by atoms with E-state index in [1.54, 1.807) is 18.3 Å². The summed E-state index contributed by atoms with van der Waals surface area (Å²) in [6.45, 7) is 1.17. The molecule has 2 aromatic rings. The second-order valence-corrected chi connectivity index (χ2v) is 7.60. The highest BCUT2D eigenvalue weighted by Gasteiger charge is 2.40. The Hall–Kier alpha value is -3.49. The zero-order valence-electron chi connectivity index (χ0n) is 16.4. The quantitative estimate of drug-likeness (QED) is 0.461. The summed E-state index contributed by atoms with van der Waals surface area (Å²) in [6.07, 6.45) is 3.55. The summed E-state index contributed by atoms with van der Waals surface area (Å²) < 4.78 is 18.3. The number of nitro groups is 1. The number of benzene rings is 1. The van der Waals surface area contributed by atoms with Crippen LogP contribution in [0.5, 0.6) is 0 Å². The van der Waals surface area contributed by atoms with Crippen molar-refractivity contribution < 1.29 is 18.8 Å². The molecule has 2 atom stereocenters. The van der Waals surface area contributed by atoms with E-state index in [4.69, 9.17) is 4.74 Å². The third kappa shape index (κ3) is 3.96. The molecule has 1 aliphatic carbocycles. The number of amides is 2. The molecule has 1 aliphatic heterocycles. The Labute approximate surface area is 172 Å². The molecule has 2 heterocycles. The van der Waals surface area contributed by atoms with Gasteiger partial charge in [0.2, 0.25) is 5.82 Å². The van der Waals surface area contributed by atoms with Gasteiger partial charge < -0.3 is 9.64 Å². The van der Waals surface area contributed by atoms with Crippen LogP contribution < -0.4 is 5.32 Å². The van der Waals surface area contributed by atoms with Crippen LogP contribution in [-0.2, 0) is 4.74 Å². The summed E-state index contributed by atoms with van der Waals surface area (Å²) >= 11 is 0. The Balaban J connectivity index is 1.51. The molecule has 1 aromatic heterocycles. The number of carbonyl (C=O) groups is 1. The average molecular weight is 412 g/mol. The van der Waals surface area contributed by atoms with Crippen LogP contribution in [-0.4, -0.2) is 41.0 Å². The number of carbonyl (C=O) groups excluding carboxylic acids is 1. The molecule has 0 bridgehead atoms. The summed E-state index contributed by atoms with van der Waals surface area (Å²) in [6, 6.07) is 7.99. The maximum absolute atomic E-state index is 13.2. The molecule has 4 rings (SSSR count). The van der Waals surface area contributed by atoms with Crippen molar-refractivity contribution in [3.8, 4) is 11.3 Å². The van der Waals surface area contributed by atoms with Crippen LogP contribution in [0, 0.1) is 27.8 Å². The topological polar surface area (TPSA) is 97.6 Å². The Bertz CT molecular complexity index is 993.